The van der Waals surface area contributed by atoms with Crippen LogP contribution in [0.4, 0.5) is 10.5 Å². The van der Waals surface area contributed by atoms with Crippen molar-refractivity contribution in [2.75, 3.05) is 31.3 Å². The van der Waals surface area contributed by atoms with Crippen molar-refractivity contribution >= 4 is 34.6 Å². The maximum Gasteiger partial charge on any atom is 0.322 e. The molecule has 1 N–H and O–H groups in total. The fraction of sp³-hybridized carbons (Fsp3) is 0.316. The predicted molar refractivity (Wildman–Crippen MR) is 106 cm³/mol. The molecule has 0 unspecified atom stereocenters. The van der Waals surface area contributed by atoms with Gasteiger partial charge in [-0.05, 0) is 35.6 Å². The van der Waals surface area contributed by atoms with Crippen LogP contribution in [-0.4, -0.2) is 46.9 Å². The molecule has 0 fully saturated rings. The largest absolute Gasteiger partial charge is 0.431 e. The van der Waals surface area contributed by atoms with E-state index in [-0.39, 0.29) is 6.03 Å². The van der Waals surface area contributed by atoms with E-state index in [1.165, 1.54) is 0 Å². The summed E-state index contributed by atoms with van der Waals surface area (Å²) in [6, 6.07) is 9.04. The van der Waals surface area contributed by atoms with Crippen LogP contribution in [0.25, 0.3) is 11.1 Å². The SMILES string of the molecule is CCSc1nc2ccc(NC(=O)N(CCOC)Cc3ccncc3)cc2o1. The molecule has 2 amide bonds. The molecule has 3 aromatic rings. The van der Waals surface area contributed by atoms with E-state index in [4.69, 9.17) is 9.15 Å². The van der Waals surface area contributed by atoms with Gasteiger partial charge in [0.25, 0.3) is 5.22 Å². The number of anilines is 1. The number of aromatic nitrogens is 2. The number of nitrogens with one attached hydrogen (secondary N) is 1. The van der Waals surface area contributed by atoms with E-state index in [2.05, 4.69) is 15.3 Å². The Morgan fingerprint density at radius 1 is 1.30 bits per heavy atom. The number of fused-ring (bicyclic) bond motifs is 1. The minimum atomic E-state index is -0.203. The lowest BCUT2D eigenvalue weighted by molar-refractivity contribution is 0.153. The number of methoxy groups -OCH3 is 1. The van der Waals surface area contributed by atoms with Crippen molar-refractivity contribution in [3.8, 4) is 0 Å². The Labute approximate surface area is 162 Å². The number of hydrogen-bond acceptors (Lipinski definition) is 6. The number of amides is 2. The molecule has 0 aliphatic rings. The van der Waals surface area contributed by atoms with E-state index in [1.807, 2.05) is 31.2 Å². The van der Waals surface area contributed by atoms with Gasteiger partial charge in [-0.1, -0.05) is 18.7 Å². The highest BCUT2D eigenvalue weighted by atomic mass is 32.2. The molecular formula is C19H22N4O3S. The van der Waals surface area contributed by atoms with Crippen LogP contribution >= 0.6 is 11.8 Å². The third-order valence-corrected chi connectivity index (χ3v) is 4.57. The first-order chi connectivity index (χ1) is 13.2. The Morgan fingerprint density at radius 3 is 2.85 bits per heavy atom. The number of pyridine rings is 1. The first kappa shape index (κ1) is 19.2. The van der Waals surface area contributed by atoms with Gasteiger partial charge in [0, 0.05) is 44.3 Å². The highest BCUT2D eigenvalue weighted by molar-refractivity contribution is 7.99. The Kier molecular flexibility index (Phi) is 6.67. The van der Waals surface area contributed by atoms with Crippen LogP contribution in [0, 0.1) is 0 Å². The van der Waals surface area contributed by atoms with Gasteiger partial charge in [0.1, 0.15) is 5.52 Å². The van der Waals surface area contributed by atoms with Gasteiger partial charge in [-0.2, -0.15) is 0 Å². The Balaban J connectivity index is 1.72. The molecule has 0 atom stereocenters. The normalized spacial score (nSPS) is 10.9. The summed E-state index contributed by atoms with van der Waals surface area (Å²) >= 11 is 1.54. The molecule has 0 radical (unpaired) electrons. The second-order valence-electron chi connectivity index (χ2n) is 5.80. The molecule has 3 rings (SSSR count). The van der Waals surface area contributed by atoms with Crippen molar-refractivity contribution in [3.63, 3.8) is 0 Å². The van der Waals surface area contributed by atoms with Gasteiger partial charge < -0.3 is 19.4 Å². The summed E-state index contributed by atoms with van der Waals surface area (Å²) in [6.45, 7) is 3.45. The molecule has 142 valence electrons. The molecule has 2 aromatic heterocycles. The van der Waals surface area contributed by atoms with E-state index < -0.39 is 0 Å². The van der Waals surface area contributed by atoms with Crippen LogP contribution in [0.3, 0.4) is 0 Å². The van der Waals surface area contributed by atoms with Crippen LogP contribution in [-0.2, 0) is 11.3 Å². The number of carbonyl (C=O) groups is 1. The average Bonchev–Trinajstić information content (AvgIpc) is 3.08. The second kappa shape index (κ2) is 9.38. The number of carbonyl (C=O) groups excluding carboxylic acids is 1. The smallest absolute Gasteiger partial charge is 0.322 e. The fourth-order valence-corrected chi connectivity index (χ4v) is 3.09. The zero-order valence-corrected chi connectivity index (χ0v) is 16.2. The maximum absolute atomic E-state index is 12.8. The lowest BCUT2D eigenvalue weighted by atomic mass is 10.2. The molecule has 8 heteroatoms. The van der Waals surface area contributed by atoms with E-state index in [9.17, 15) is 4.79 Å². The standard InChI is InChI=1S/C19H22N4O3S/c1-3-27-19-22-16-5-4-15(12-17(16)26-19)21-18(24)23(10-11-25-2)13-14-6-8-20-9-7-14/h4-9,12H,3,10-11,13H2,1-2H3,(H,21,24). The van der Waals surface area contributed by atoms with E-state index in [1.54, 1.807) is 42.2 Å². The number of urea groups is 1. The summed E-state index contributed by atoms with van der Waals surface area (Å²) in [7, 11) is 1.62. The van der Waals surface area contributed by atoms with Crippen molar-refractivity contribution < 1.29 is 13.9 Å². The summed E-state index contributed by atoms with van der Waals surface area (Å²) in [5, 5.41) is 3.56. The quantitative estimate of drug-likeness (QED) is 0.589. The Bertz CT molecular complexity index is 885. The van der Waals surface area contributed by atoms with E-state index >= 15 is 0 Å². The molecule has 0 spiro atoms. The zero-order valence-electron chi connectivity index (χ0n) is 15.3. The van der Waals surface area contributed by atoms with Crippen molar-refractivity contribution in [1.29, 1.82) is 0 Å². The zero-order chi connectivity index (χ0) is 19.1. The number of nitrogens with zero attached hydrogens (tertiary/aromatic N) is 3. The molecule has 0 saturated carbocycles. The highest BCUT2D eigenvalue weighted by Gasteiger charge is 2.15. The third-order valence-electron chi connectivity index (χ3n) is 3.86. The van der Waals surface area contributed by atoms with Crippen LogP contribution in [0.15, 0.2) is 52.4 Å². The molecule has 0 saturated heterocycles. The van der Waals surface area contributed by atoms with Crippen molar-refractivity contribution in [1.82, 2.24) is 14.9 Å². The van der Waals surface area contributed by atoms with Crippen LogP contribution in [0.1, 0.15) is 12.5 Å². The number of hydrogen-bond donors (Lipinski definition) is 1. The molecule has 0 bridgehead atoms. The molecule has 2 heterocycles. The second-order valence-corrected chi connectivity index (χ2v) is 7.01. The maximum atomic E-state index is 12.8. The van der Waals surface area contributed by atoms with E-state index in [0.717, 1.165) is 16.8 Å². The van der Waals surface area contributed by atoms with Crippen molar-refractivity contribution in [2.45, 2.75) is 18.7 Å². The number of thioether (sulfide) groups is 1. The topological polar surface area (TPSA) is 80.5 Å². The van der Waals surface area contributed by atoms with Gasteiger partial charge >= 0.3 is 6.03 Å². The van der Waals surface area contributed by atoms with Gasteiger partial charge in [-0.25, -0.2) is 9.78 Å². The molecule has 0 aliphatic heterocycles. The summed E-state index contributed by atoms with van der Waals surface area (Å²) in [5.41, 5.74) is 3.09. The average molecular weight is 386 g/mol. The lowest BCUT2D eigenvalue weighted by Crippen LogP contribution is -2.36. The Hall–Kier alpha value is -2.58. The number of oxazole rings is 1. The van der Waals surface area contributed by atoms with Gasteiger partial charge in [0.05, 0.1) is 6.61 Å². The number of benzene rings is 1. The molecule has 1 aromatic carbocycles. The van der Waals surface area contributed by atoms with Crippen LogP contribution in [0.5, 0.6) is 0 Å². The molecule has 27 heavy (non-hydrogen) atoms. The predicted octanol–water partition coefficient (Wildman–Crippen LogP) is 4.02. The van der Waals surface area contributed by atoms with Crippen LogP contribution in [0.2, 0.25) is 0 Å². The highest BCUT2D eigenvalue weighted by Crippen LogP contribution is 2.25. The van der Waals surface area contributed by atoms with Gasteiger partial charge in [0.2, 0.25) is 0 Å². The first-order valence-electron chi connectivity index (χ1n) is 8.66. The van der Waals surface area contributed by atoms with Crippen LogP contribution < -0.4 is 5.32 Å². The first-order valence-corrected chi connectivity index (χ1v) is 9.65. The minimum Gasteiger partial charge on any atom is -0.431 e. The third kappa shape index (κ3) is 5.21. The van der Waals surface area contributed by atoms with Gasteiger partial charge in [-0.3, -0.25) is 4.98 Å². The van der Waals surface area contributed by atoms with Gasteiger partial charge in [0.15, 0.2) is 5.58 Å². The molecule has 7 nitrogen and oxygen atoms in total. The van der Waals surface area contributed by atoms with Crippen molar-refractivity contribution in [3.05, 3.63) is 48.3 Å². The monoisotopic (exact) mass is 386 g/mol. The Morgan fingerprint density at radius 2 is 2.11 bits per heavy atom. The summed E-state index contributed by atoms with van der Waals surface area (Å²) < 4.78 is 10.8. The summed E-state index contributed by atoms with van der Waals surface area (Å²) in [4.78, 5) is 22.9. The number of ether oxygens (including phenoxy) is 1. The fourth-order valence-electron chi connectivity index (χ4n) is 2.53. The van der Waals surface area contributed by atoms with E-state index in [0.29, 0.717) is 36.2 Å². The minimum absolute atomic E-state index is 0.203. The van der Waals surface area contributed by atoms with Gasteiger partial charge in [-0.15, -0.1) is 0 Å². The van der Waals surface area contributed by atoms with Crippen molar-refractivity contribution in [2.24, 2.45) is 0 Å². The molecule has 0 aliphatic carbocycles. The summed E-state index contributed by atoms with van der Waals surface area (Å²) in [5.74, 6) is 0.889. The lowest BCUT2D eigenvalue weighted by Gasteiger charge is -2.23. The number of rotatable bonds is 8. The summed E-state index contributed by atoms with van der Waals surface area (Å²) in [6.07, 6.45) is 3.43. The molecular weight excluding hydrogens is 364 g/mol.